The van der Waals surface area contributed by atoms with Crippen molar-refractivity contribution in [2.45, 2.75) is 19.8 Å². The van der Waals surface area contributed by atoms with Gasteiger partial charge in [-0.25, -0.2) is 4.98 Å². The minimum Gasteiger partial charge on any atom is -0.497 e. The second-order valence-corrected chi connectivity index (χ2v) is 7.20. The summed E-state index contributed by atoms with van der Waals surface area (Å²) in [5.41, 5.74) is 2.46. The third-order valence-corrected chi connectivity index (χ3v) is 4.72. The van der Waals surface area contributed by atoms with Gasteiger partial charge in [0.25, 0.3) is 0 Å². The molecule has 0 saturated heterocycles. The van der Waals surface area contributed by atoms with E-state index in [-0.39, 0.29) is 5.78 Å². The molecule has 0 N–H and O–H groups in total. The van der Waals surface area contributed by atoms with Crippen LogP contribution in [0.5, 0.6) is 11.6 Å². The van der Waals surface area contributed by atoms with E-state index in [9.17, 15) is 4.79 Å². The molecule has 0 bridgehead atoms. The molecule has 2 aromatic carbocycles. The van der Waals surface area contributed by atoms with E-state index in [2.05, 4.69) is 11.9 Å². The molecule has 3 rings (SSSR count). The number of hydrogen-bond donors (Lipinski definition) is 0. The largest absolute Gasteiger partial charge is 0.497 e. The number of ether oxygens (including phenoxy) is 2. The van der Waals surface area contributed by atoms with Crippen molar-refractivity contribution in [3.8, 4) is 11.6 Å². The van der Waals surface area contributed by atoms with Gasteiger partial charge in [0.05, 0.1) is 19.2 Å². The number of carbonyl (C=O) groups excluding carboxylic acids is 1. The number of ketones is 1. The number of carbonyl (C=O) groups is 1. The number of halogens is 1. The summed E-state index contributed by atoms with van der Waals surface area (Å²) in [5, 5.41) is 1.53. The van der Waals surface area contributed by atoms with Gasteiger partial charge in [0, 0.05) is 16.0 Å². The maximum absolute atomic E-state index is 12.3. The highest BCUT2D eigenvalue weighted by molar-refractivity contribution is 6.31. The van der Waals surface area contributed by atoms with Gasteiger partial charge < -0.3 is 9.47 Å². The van der Waals surface area contributed by atoms with E-state index < -0.39 is 0 Å². The molecule has 0 atom stereocenters. The first kappa shape index (κ1) is 21.6. The molecule has 1 aromatic heterocycles. The number of pyridine rings is 1. The van der Waals surface area contributed by atoms with Gasteiger partial charge in [0.15, 0.2) is 5.78 Å². The molecular weight excluding hydrogens is 398 g/mol. The van der Waals surface area contributed by atoms with Crippen molar-refractivity contribution in [3.05, 3.63) is 76.8 Å². The van der Waals surface area contributed by atoms with Crippen molar-refractivity contribution >= 4 is 40.4 Å². The van der Waals surface area contributed by atoms with Crippen LogP contribution in [-0.4, -0.2) is 24.5 Å². The fraction of sp³-hybridized carbons (Fsp3) is 0.200. The molecule has 0 amide bonds. The van der Waals surface area contributed by atoms with Gasteiger partial charge in [0.2, 0.25) is 5.88 Å². The number of benzene rings is 2. The maximum atomic E-state index is 12.3. The Labute approximate surface area is 181 Å². The van der Waals surface area contributed by atoms with E-state index in [1.807, 2.05) is 42.5 Å². The van der Waals surface area contributed by atoms with Crippen LogP contribution in [0.3, 0.4) is 0 Å². The van der Waals surface area contributed by atoms with Crippen LogP contribution in [0.15, 0.2) is 60.7 Å². The molecule has 154 valence electrons. The number of rotatable bonds is 9. The lowest BCUT2D eigenvalue weighted by atomic mass is 10.1. The number of fused-ring (bicyclic) bond motifs is 1. The topological polar surface area (TPSA) is 48.4 Å². The van der Waals surface area contributed by atoms with Crippen molar-refractivity contribution < 1.29 is 14.3 Å². The Morgan fingerprint density at radius 2 is 1.83 bits per heavy atom. The number of unbranched alkanes of at least 4 members (excludes halogenated alkanes) is 1. The first-order chi connectivity index (χ1) is 14.6. The summed E-state index contributed by atoms with van der Waals surface area (Å²) in [5.74, 6) is 1.16. The zero-order valence-corrected chi connectivity index (χ0v) is 17.9. The lowest BCUT2D eigenvalue weighted by Crippen LogP contribution is -2.01. The molecule has 0 radical (unpaired) electrons. The molecule has 0 spiro atoms. The van der Waals surface area contributed by atoms with Crippen LogP contribution in [0.25, 0.3) is 23.1 Å². The SMILES string of the molecule is CCCCOc1nc2ccc(Cl)cc2cc1/C=C/C(=O)/C=C/c1ccc(OC)cc1. The summed E-state index contributed by atoms with van der Waals surface area (Å²) < 4.78 is 11.0. The van der Waals surface area contributed by atoms with Gasteiger partial charge in [-0.15, -0.1) is 0 Å². The molecule has 4 nitrogen and oxygen atoms in total. The van der Waals surface area contributed by atoms with Gasteiger partial charge in [-0.2, -0.15) is 0 Å². The fourth-order valence-corrected chi connectivity index (χ4v) is 3.00. The lowest BCUT2D eigenvalue weighted by Gasteiger charge is -2.09. The third-order valence-electron chi connectivity index (χ3n) is 4.49. The van der Waals surface area contributed by atoms with Gasteiger partial charge >= 0.3 is 0 Å². The van der Waals surface area contributed by atoms with Crippen LogP contribution in [0.4, 0.5) is 0 Å². The minimum absolute atomic E-state index is 0.128. The fourth-order valence-electron chi connectivity index (χ4n) is 2.82. The number of aromatic nitrogens is 1. The van der Waals surface area contributed by atoms with Crippen molar-refractivity contribution in [3.63, 3.8) is 0 Å². The summed E-state index contributed by atoms with van der Waals surface area (Å²) in [6, 6.07) is 14.9. The normalized spacial score (nSPS) is 11.4. The van der Waals surface area contributed by atoms with E-state index in [4.69, 9.17) is 21.1 Å². The van der Waals surface area contributed by atoms with Crippen LogP contribution >= 0.6 is 11.6 Å². The smallest absolute Gasteiger partial charge is 0.221 e. The van der Waals surface area contributed by atoms with Crippen molar-refractivity contribution in [1.29, 1.82) is 0 Å². The predicted molar refractivity (Wildman–Crippen MR) is 123 cm³/mol. The predicted octanol–water partition coefficient (Wildman–Crippen LogP) is 6.37. The van der Waals surface area contributed by atoms with Crippen LogP contribution in [0.2, 0.25) is 5.02 Å². The highest BCUT2D eigenvalue weighted by Gasteiger charge is 2.07. The molecule has 0 aliphatic rings. The number of methoxy groups -OCH3 is 1. The van der Waals surface area contributed by atoms with Gasteiger partial charge in [0.1, 0.15) is 5.75 Å². The van der Waals surface area contributed by atoms with Gasteiger partial charge in [-0.1, -0.05) is 43.2 Å². The molecule has 0 fully saturated rings. The molecule has 5 heteroatoms. The van der Waals surface area contributed by atoms with E-state index in [1.165, 1.54) is 12.2 Å². The van der Waals surface area contributed by atoms with Crippen LogP contribution in [-0.2, 0) is 4.79 Å². The number of nitrogens with zero attached hydrogens (tertiary/aromatic N) is 1. The molecule has 30 heavy (non-hydrogen) atoms. The van der Waals surface area contributed by atoms with E-state index >= 15 is 0 Å². The molecule has 0 saturated carbocycles. The Kier molecular flexibility index (Phi) is 7.63. The zero-order valence-electron chi connectivity index (χ0n) is 17.1. The van der Waals surface area contributed by atoms with E-state index in [0.29, 0.717) is 17.5 Å². The standard InChI is InChI=1S/C25H24ClNO3/c1-3-4-15-30-25-19(16-20-17-21(26)9-14-24(20)27-25)8-11-22(28)10-5-18-6-12-23(29-2)13-7-18/h5-14,16-17H,3-4,15H2,1-2H3/b10-5+,11-8+. The monoisotopic (exact) mass is 421 g/mol. The number of hydrogen-bond acceptors (Lipinski definition) is 4. The summed E-state index contributed by atoms with van der Waals surface area (Å²) in [7, 11) is 1.62. The second-order valence-electron chi connectivity index (χ2n) is 6.76. The summed E-state index contributed by atoms with van der Waals surface area (Å²) in [6.07, 6.45) is 8.51. The van der Waals surface area contributed by atoms with E-state index in [0.717, 1.165) is 40.6 Å². The first-order valence-corrected chi connectivity index (χ1v) is 10.2. The quantitative estimate of drug-likeness (QED) is 0.297. The lowest BCUT2D eigenvalue weighted by molar-refractivity contribution is -0.110. The molecule has 0 aliphatic carbocycles. The highest BCUT2D eigenvalue weighted by atomic mass is 35.5. The average molecular weight is 422 g/mol. The molecule has 1 heterocycles. The molecule has 0 unspecified atom stereocenters. The van der Waals surface area contributed by atoms with Crippen molar-refractivity contribution in [2.24, 2.45) is 0 Å². The third kappa shape index (κ3) is 5.94. The van der Waals surface area contributed by atoms with Gasteiger partial charge in [-0.05, 0) is 66.6 Å². The average Bonchev–Trinajstić information content (AvgIpc) is 2.76. The summed E-state index contributed by atoms with van der Waals surface area (Å²) in [4.78, 5) is 16.9. The molecule has 3 aromatic rings. The van der Waals surface area contributed by atoms with Crippen molar-refractivity contribution in [2.75, 3.05) is 13.7 Å². The van der Waals surface area contributed by atoms with Crippen LogP contribution < -0.4 is 9.47 Å². The zero-order chi connectivity index (χ0) is 21.3. The van der Waals surface area contributed by atoms with Crippen molar-refractivity contribution in [1.82, 2.24) is 4.98 Å². The molecule has 0 aliphatic heterocycles. The Morgan fingerprint density at radius 3 is 2.57 bits per heavy atom. The maximum Gasteiger partial charge on any atom is 0.221 e. The Hall–Kier alpha value is -3.11. The summed E-state index contributed by atoms with van der Waals surface area (Å²) in [6.45, 7) is 2.68. The Morgan fingerprint density at radius 1 is 1.07 bits per heavy atom. The minimum atomic E-state index is -0.128. The van der Waals surface area contributed by atoms with Crippen LogP contribution in [0.1, 0.15) is 30.9 Å². The van der Waals surface area contributed by atoms with Crippen LogP contribution in [0, 0.1) is 0 Å². The summed E-state index contributed by atoms with van der Waals surface area (Å²) >= 11 is 6.11. The first-order valence-electron chi connectivity index (χ1n) is 9.86. The Bertz CT molecular complexity index is 1070. The Balaban J connectivity index is 1.80. The van der Waals surface area contributed by atoms with E-state index in [1.54, 1.807) is 25.3 Å². The molecular formula is C25H24ClNO3. The van der Waals surface area contributed by atoms with Gasteiger partial charge in [-0.3, -0.25) is 4.79 Å². The highest BCUT2D eigenvalue weighted by Crippen LogP contribution is 2.26. The second kappa shape index (κ2) is 10.6. The number of allylic oxidation sites excluding steroid dienone is 2.